The van der Waals surface area contributed by atoms with Crippen LogP contribution in [0.5, 0.6) is 0 Å². The van der Waals surface area contributed by atoms with Crippen molar-refractivity contribution < 1.29 is 0 Å². The van der Waals surface area contributed by atoms with E-state index in [0.717, 1.165) is 25.3 Å². The Hall–Kier alpha value is -0.370. The summed E-state index contributed by atoms with van der Waals surface area (Å²) in [7, 11) is 1.79. The Kier molecular flexibility index (Phi) is 8.56. The van der Waals surface area contributed by atoms with Gasteiger partial charge in [0.2, 0.25) is 0 Å². The number of aryl methyl sites for hydroxylation is 1. The Morgan fingerprint density at radius 2 is 2.11 bits per heavy atom. The van der Waals surface area contributed by atoms with Crippen LogP contribution >= 0.6 is 35.3 Å². The highest BCUT2D eigenvalue weighted by molar-refractivity contribution is 14.0. The van der Waals surface area contributed by atoms with Crippen LogP contribution in [0.15, 0.2) is 11.2 Å². The molecule has 0 aliphatic heterocycles. The molecule has 0 spiro atoms. The van der Waals surface area contributed by atoms with E-state index in [4.69, 9.17) is 0 Å². The number of hydrogen-bond donors (Lipinski definition) is 2. The van der Waals surface area contributed by atoms with Crippen LogP contribution in [0, 0.1) is 0 Å². The van der Waals surface area contributed by atoms with Crippen LogP contribution in [0.3, 0.4) is 0 Å². The minimum absolute atomic E-state index is 0. The smallest absolute Gasteiger partial charge is 0.191 e. The average Bonchev–Trinajstić information content (AvgIpc) is 2.74. The molecule has 0 unspecified atom stereocenters. The summed E-state index contributed by atoms with van der Waals surface area (Å²) in [6.45, 7) is 9.37. The highest BCUT2D eigenvalue weighted by Crippen LogP contribution is 2.13. The summed E-state index contributed by atoms with van der Waals surface area (Å²) >= 11 is 1.79. The van der Waals surface area contributed by atoms with Gasteiger partial charge in [-0.1, -0.05) is 6.92 Å². The SMILES string of the molecule is CCc1cnc(CCNC(=NC)NC(C)(C)C)s1.I. The lowest BCUT2D eigenvalue weighted by Gasteiger charge is -2.23. The zero-order valence-corrected chi connectivity index (χ0v) is 15.6. The van der Waals surface area contributed by atoms with E-state index in [1.165, 1.54) is 9.88 Å². The van der Waals surface area contributed by atoms with Gasteiger partial charge in [-0.15, -0.1) is 35.3 Å². The fourth-order valence-corrected chi connectivity index (χ4v) is 2.31. The molecule has 0 saturated heterocycles. The topological polar surface area (TPSA) is 49.3 Å². The molecule has 0 aliphatic carbocycles. The number of halogens is 1. The molecular formula is C13H25IN4S. The molecule has 110 valence electrons. The van der Waals surface area contributed by atoms with Gasteiger partial charge in [0.25, 0.3) is 0 Å². The third kappa shape index (κ3) is 7.71. The predicted molar refractivity (Wildman–Crippen MR) is 94.9 cm³/mol. The minimum Gasteiger partial charge on any atom is -0.356 e. The molecule has 0 fully saturated rings. The van der Waals surface area contributed by atoms with Crippen molar-refractivity contribution in [1.29, 1.82) is 0 Å². The zero-order chi connectivity index (χ0) is 13.6. The number of nitrogens with one attached hydrogen (secondary N) is 2. The van der Waals surface area contributed by atoms with Gasteiger partial charge in [0, 0.05) is 36.6 Å². The first kappa shape index (κ1) is 18.6. The molecule has 0 amide bonds. The molecule has 4 nitrogen and oxygen atoms in total. The lowest BCUT2D eigenvalue weighted by atomic mass is 10.1. The summed E-state index contributed by atoms with van der Waals surface area (Å²) in [6.07, 6.45) is 3.98. The predicted octanol–water partition coefficient (Wildman–Crippen LogP) is 2.83. The van der Waals surface area contributed by atoms with E-state index in [1.807, 2.05) is 6.20 Å². The van der Waals surface area contributed by atoms with Gasteiger partial charge in [0.1, 0.15) is 0 Å². The van der Waals surface area contributed by atoms with Crippen LogP contribution in [-0.2, 0) is 12.8 Å². The molecule has 1 heterocycles. The Labute approximate surface area is 137 Å². The Morgan fingerprint density at radius 1 is 1.42 bits per heavy atom. The third-order valence-electron chi connectivity index (χ3n) is 2.30. The summed E-state index contributed by atoms with van der Waals surface area (Å²) in [6, 6.07) is 0. The fourth-order valence-electron chi connectivity index (χ4n) is 1.45. The van der Waals surface area contributed by atoms with Crippen LogP contribution in [0.4, 0.5) is 0 Å². The molecule has 0 aromatic carbocycles. The molecular weight excluding hydrogens is 371 g/mol. The summed E-state index contributed by atoms with van der Waals surface area (Å²) < 4.78 is 0. The van der Waals surface area contributed by atoms with Crippen molar-refractivity contribution in [3.05, 3.63) is 16.1 Å². The van der Waals surface area contributed by atoms with Crippen molar-refractivity contribution in [3.8, 4) is 0 Å². The second kappa shape index (κ2) is 8.73. The molecule has 0 radical (unpaired) electrons. The molecule has 0 aliphatic rings. The molecule has 6 heteroatoms. The van der Waals surface area contributed by atoms with Gasteiger partial charge >= 0.3 is 0 Å². The Bertz CT molecular complexity index is 396. The van der Waals surface area contributed by atoms with E-state index < -0.39 is 0 Å². The van der Waals surface area contributed by atoms with Crippen LogP contribution in [0.1, 0.15) is 37.6 Å². The number of guanidine groups is 1. The largest absolute Gasteiger partial charge is 0.356 e. The Balaban J connectivity index is 0.00000324. The quantitative estimate of drug-likeness (QED) is 0.468. The monoisotopic (exact) mass is 396 g/mol. The number of nitrogens with zero attached hydrogens (tertiary/aromatic N) is 2. The molecule has 1 aromatic heterocycles. The summed E-state index contributed by atoms with van der Waals surface area (Å²) in [5.41, 5.74) is 0.0262. The lowest BCUT2D eigenvalue weighted by molar-refractivity contribution is 0.501. The van der Waals surface area contributed by atoms with Gasteiger partial charge in [-0.05, 0) is 27.2 Å². The van der Waals surface area contributed by atoms with Gasteiger partial charge in [0.15, 0.2) is 5.96 Å². The highest BCUT2D eigenvalue weighted by Gasteiger charge is 2.11. The van der Waals surface area contributed by atoms with E-state index in [2.05, 4.69) is 48.3 Å². The van der Waals surface area contributed by atoms with E-state index in [1.54, 1.807) is 18.4 Å². The second-order valence-corrected chi connectivity index (χ2v) is 6.40. The summed E-state index contributed by atoms with van der Waals surface area (Å²) in [5.74, 6) is 0.842. The molecule has 0 bridgehead atoms. The maximum Gasteiger partial charge on any atom is 0.191 e. The van der Waals surface area contributed by atoms with Crippen molar-refractivity contribution in [1.82, 2.24) is 15.6 Å². The van der Waals surface area contributed by atoms with Crippen molar-refractivity contribution in [3.63, 3.8) is 0 Å². The number of aliphatic imine (C=N–C) groups is 1. The van der Waals surface area contributed by atoms with Crippen LogP contribution < -0.4 is 10.6 Å². The number of aromatic nitrogens is 1. The van der Waals surface area contributed by atoms with Gasteiger partial charge in [0.05, 0.1) is 5.01 Å². The number of rotatable bonds is 4. The second-order valence-electron chi connectivity index (χ2n) is 5.20. The van der Waals surface area contributed by atoms with E-state index >= 15 is 0 Å². The highest BCUT2D eigenvalue weighted by atomic mass is 127. The normalized spacial score (nSPS) is 11.9. The first-order valence-corrected chi connectivity index (χ1v) is 7.18. The Morgan fingerprint density at radius 3 is 2.58 bits per heavy atom. The molecule has 19 heavy (non-hydrogen) atoms. The van der Waals surface area contributed by atoms with Crippen molar-refractivity contribution in [2.45, 2.75) is 46.1 Å². The number of thiazole rings is 1. The summed E-state index contributed by atoms with van der Waals surface area (Å²) in [5, 5.41) is 7.82. The first-order chi connectivity index (χ1) is 8.44. The van der Waals surface area contributed by atoms with E-state index in [0.29, 0.717) is 0 Å². The maximum absolute atomic E-state index is 4.40. The summed E-state index contributed by atoms with van der Waals surface area (Å²) in [4.78, 5) is 9.96. The minimum atomic E-state index is 0. The van der Waals surface area contributed by atoms with Gasteiger partial charge < -0.3 is 10.6 Å². The molecule has 1 rings (SSSR count). The third-order valence-corrected chi connectivity index (χ3v) is 3.50. The van der Waals surface area contributed by atoms with Crippen LogP contribution in [0.25, 0.3) is 0 Å². The van der Waals surface area contributed by atoms with E-state index in [-0.39, 0.29) is 29.5 Å². The molecule has 1 aromatic rings. The van der Waals surface area contributed by atoms with E-state index in [9.17, 15) is 0 Å². The van der Waals surface area contributed by atoms with Crippen molar-refractivity contribution in [2.75, 3.05) is 13.6 Å². The molecule has 0 saturated carbocycles. The van der Waals surface area contributed by atoms with Gasteiger partial charge in [-0.2, -0.15) is 0 Å². The number of hydrogen-bond acceptors (Lipinski definition) is 3. The molecule has 0 atom stereocenters. The molecule has 2 N–H and O–H groups in total. The van der Waals surface area contributed by atoms with Gasteiger partial charge in [-0.25, -0.2) is 4.98 Å². The standard InChI is InChI=1S/C13H24N4S.HI/c1-6-10-9-16-11(18-10)7-8-15-12(14-5)17-13(2,3)4;/h9H,6-8H2,1-5H3,(H2,14,15,17);1H. The van der Waals surface area contributed by atoms with Crippen molar-refractivity contribution in [2.24, 2.45) is 4.99 Å². The maximum atomic E-state index is 4.40. The fraction of sp³-hybridized carbons (Fsp3) is 0.692. The average molecular weight is 396 g/mol. The first-order valence-electron chi connectivity index (χ1n) is 6.37. The van der Waals surface area contributed by atoms with Gasteiger partial charge in [-0.3, -0.25) is 4.99 Å². The van der Waals surface area contributed by atoms with Crippen LogP contribution in [0.2, 0.25) is 0 Å². The lowest BCUT2D eigenvalue weighted by Crippen LogP contribution is -2.48. The zero-order valence-electron chi connectivity index (χ0n) is 12.4. The van der Waals surface area contributed by atoms with Crippen LogP contribution in [-0.4, -0.2) is 30.1 Å². The van der Waals surface area contributed by atoms with Crippen molar-refractivity contribution >= 4 is 41.3 Å².